The lowest BCUT2D eigenvalue weighted by atomic mass is 10.2. The normalized spacial score (nSPS) is 14.3. The average Bonchev–Trinajstić information content (AvgIpc) is 3.15. The molecular formula is C18H15N5S2. The Morgan fingerprint density at radius 3 is 2.88 bits per heavy atom. The fourth-order valence-corrected chi connectivity index (χ4v) is 4.56. The van der Waals surface area contributed by atoms with Crippen molar-refractivity contribution < 1.29 is 0 Å². The lowest BCUT2D eigenvalue weighted by Crippen LogP contribution is -1.99. The number of thiophene rings is 1. The SMILES string of the molecule is Cc1ccc2ncnc(Sc3nnc(-c4cccs4)n3C3CC3)c2c1. The Balaban J connectivity index is 1.60. The van der Waals surface area contributed by atoms with E-state index in [1.807, 2.05) is 6.07 Å². The Hall–Kier alpha value is -2.25. The van der Waals surface area contributed by atoms with Crippen molar-refractivity contribution in [3.05, 3.63) is 47.6 Å². The van der Waals surface area contributed by atoms with Gasteiger partial charge in [0, 0.05) is 11.4 Å². The summed E-state index contributed by atoms with van der Waals surface area (Å²) in [6.07, 6.45) is 4.00. The quantitative estimate of drug-likeness (QED) is 0.489. The number of aryl methyl sites for hydroxylation is 1. The van der Waals surface area contributed by atoms with Gasteiger partial charge in [0.05, 0.1) is 10.4 Å². The van der Waals surface area contributed by atoms with Crippen LogP contribution in [0.15, 0.2) is 52.2 Å². The lowest BCUT2D eigenvalue weighted by Gasteiger charge is -2.08. The highest BCUT2D eigenvalue weighted by atomic mass is 32.2. The number of aromatic nitrogens is 5. The molecule has 7 heteroatoms. The van der Waals surface area contributed by atoms with Crippen molar-refractivity contribution in [2.45, 2.75) is 36.0 Å². The van der Waals surface area contributed by atoms with Crippen LogP contribution in [0.4, 0.5) is 0 Å². The third-order valence-electron chi connectivity index (χ3n) is 4.26. The summed E-state index contributed by atoms with van der Waals surface area (Å²) in [5.74, 6) is 0.967. The van der Waals surface area contributed by atoms with Crippen LogP contribution in [0.1, 0.15) is 24.4 Å². The number of rotatable bonds is 4. The maximum absolute atomic E-state index is 4.51. The molecule has 0 N–H and O–H groups in total. The third-order valence-corrected chi connectivity index (χ3v) is 6.11. The highest BCUT2D eigenvalue weighted by molar-refractivity contribution is 7.99. The number of hydrogen-bond acceptors (Lipinski definition) is 6. The fraction of sp³-hybridized carbons (Fsp3) is 0.222. The lowest BCUT2D eigenvalue weighted by molar-refractivity contribution is 0.669. The second-order valence-electron chi connectivity index (χ2n) is 6.19. The van der Waals surface area contributed by atoms with E-state index in [0.29, 0.717) is 6.04 Å². The van der Waals surface area contributed by atoms with Gasteiger partial charge in [0.1, 0.15) is 11.4 Å². The van der Waals surface area contributed by atoms with Crippen molar-refractivity contribution in [3.63, 3.8) is 0 Å². The van der Waals surface area contributed by atoms with Gasteiger partial charge in [0.15, 0.2) is 11.0 Å². The van der Waals surface area contributed by atoms with E-state index >= 15 is 0 Å². The molecule has 0 spiro atoms. The Kier molecular flexibility index (Phi) is 3.57. The summed E-state index contributed by atoms with van der Waals surface area (Å²) in [4.78, 5) is 10.0. The van der Waals surface area contributed by atoms with E-state index < -0.39 is 0 Å². The molecule has 0 aliphatic heterocycles. The van der Waals surface area contributed by atoms with Gasteiger partial charge >= 0.3 is 0 Å². The predicted molar refractivity (Wildman–Crippen MR) is 100 cm³/mol. The van der Waals surface area contributed by atoms with Crippen molar-refractivity contribution in [1.29, 1.82) is 0 Å². The summed E-state index contributed by atoms with van der Waals surface area (Å²) in [5.41, 5.74) is 2.16. The molecule has 0 saturated heterocycles. The van der Waals surface area contributed by atoms with Gasteiger partial charge < -0.3 is 0 Å². The second kappa shape index (κ2) is 5.93. The fourth-order valence-electron chi connectivity index (χ4n) is 2.90. The van der Waals surface area contributed by atoms with E-state index in [0.717, 1.165) is 31.8 Å². The zero-order valence-electron chi connectivity index (χ0n) is 13.6. The van der Waals surface area contributed by atoms with Crippen LogP contribution < -0.4 is 0 Å². The van der Waals surface area contributed by atoms with Crippen LogP contribution in [0.5, 0.6) is 0 Å². The second-order valence-corrected chi connectivity index (χ2v) is 8.09. The number of fused-ring (bicyclic) bond motifs is 1. The van der Waals surface area contributed by atoms with Gasteiger partial charge in [0.25, 0.3) is 0 Å². The Morgan fingerprint density at radius 1 is 1.16 bits per heavy atom. The zero-order chi connectivity index (χ0) is 16.8. The molecule has 4 aromatic rings. The van der Waals surface area contributed by atoms with Crippen molar-refractivity contribution >= 4 is 34.0 Å². The van der Waals surface area contributed by atoms with Gasteiger partial charge in [-0.15, -0.1) is 21.5 Å². The minimum Gasteiger partial charge on any atom is -0.298 e. The molecule has 1 aromatic carbocycles. The average molecular weight is 365 g/mol. The molecular weight excluding hydrogens is 350 g/mol. The maximum atomic E-state index is 4.51. The van der Waals surface area contributed by atoms with Crippen molar-refractivity contribution in [1.82, 2.24) is 24.7 Å². The molecule has 1 aliphatic carbocycles. The van der Waals surface area contributed by atoms with Crippen molar-refractivity contribution in [2.75, 3.05) is 0 Å². The Labute approximate surface area is 153 Å². The molecule has 0 radical (unpaired) electrons. The van der Waals surface area contributed by atoms with Crippen molar-refractivity contribution in [2.24, 2.45) is 0 Å². The first-order valence-corrected chi connectivity index (χ1v) is 9.87. The molecule has 0 amide bonds. The maximum Gasteiger partial charge on any atom is 0.198 e. The highest BCUT2D eigenvalue weighted by Crippen LogP contribution is 2.43. The zero-order valence-corrected chi connectivity index (χ0v) is 15.2. The number of hydrogen-bond donors (Lipinski definition) is 0. The summed E-state index contributed by atoms with van der Waals surface area (Å²) in [6, 6.07) is 10.9. The van der Waals surface area contributed by atoms with Crippen LogP contribution in [-0.4, -0.2) is 24.7 Å². The first-order chi connectivity index (χ1) is 12.3. The van der Waals surface area contributed by atoms with Crippen LogP contribution in [0, 0.1) is 6.92 Å². The van der Waals surface area contributed by atoms with Gasteiger partial charge in [-0.25, -0.2) is 9.97 Å². The van der Waals surface area contributed by atoms with Crippen LogP contribution >= 0.6 is 23.1 Å². The molecule has 3 aromatic heterocycles. The minimum absolute atomic E-state index is 0.504. The molecule has 1 aliphatic rings. The minimum atomic E-state index is 0.504. The van der Waals surface area contributed by atoms with E-state index in [1.165, 1.54) is 18.4 Å². The molecule has 5 nitrogen and oxygen atoms in total. The summed E-state index contributed by atoms with van der Waals surface area (Å²) in [5, 5.41) is 13.9. The first-order valence-electron chi connectivity index (χ1n) is 8.17. The van der Waals surface area contributed by atoms with E-state index in [4.69, 9.17) is 0 Å². The van der Waals surface area contributed by atoms with Crippen LogP contribution in [0.3, 0.4) is 0 Å². The molecule has 5 rings (SSSR count). The van der Waals surface area contributed by atoms with Gasteiger partial charge in [0.2, 0.25) is 0 Å². The largest absolute Gasteiger partial charge is 0.298 e. The highest BCUT2D eigenvalue weighted by Gasteiger charge is 2.31. The summed E-state index contributed by atoms with van der Waals surface area (Å²) < 4.78 is 2.28. The number of nitrogens with zero attached hydrogens (tertiary/aromatic N) is 5. The third kappa shape index (κ3) is 2.73. The van der Waals surface area contributed by atoms with E-state index in [2.05, 4.69) is 61.3 Å². The summed E-state index contributed by atoms with van der Waals surface area (Å²) in [7, 11) is 0. The molecule has 0 unspecified atom stereocenters. The molecule has 25 heavy (non-hydrogen) atoms. The first kappa shape index (κ1) is 15.0. The van der Waals surface area contributed by atoms with Gasteiger partial charge in [-0.2, -0.15) is 0 Å². The molecule has 0 bridgehead atoms. The smallest absolute Gasteiger partial charge is 0.198 e. The molecule has 1 fully saturated rings. The topological polar surface area (TPSA) is 56.5 Å². The molecule has 3 heterocycles. The summed E-state index contributed by atoms with van der Waals surface area (Å²) in [6.45, 7) is 2.09. The monoisotopic (exact) mass is 365 g/mol. The van der Waals surface area contributed by atoms with E-state index in [-0.39, 0.29) is 0 Å². The molecule has 0 atom stereocenters. The Morgan fingerprint density at radius 2 is 2.08 bits per heavy atom. The standard InChI is InChI=1S/C18H15N5S2/c1-11-4-7-14-13(9-11)17(20-10-19-14)25-18-22-21-16(15-3-2-8-24-15)23(18)12-5-6-12/h2-4,7-10,12H,5-6H2,1H3. The molecule has 124 valence electrons. The van der Waals surface area contributed by atoms with E-state index in [1.54, 1.807) is 29.4 Å². The van der Waals surface area contributed by atoms with E-state index in [9.17, 15) is 0 Å². The van der Waals surface area contributed by atoms with Gasteiger partial charge in [-0.1, -0.05) is 17.7 Å². The predicted octanol–water partition coefficient (Wildman–Crippen LogP) is 4.74. The van der Waals surface area contributed by atoms with Crippen molar-refractivity contribution in [3.8, 4) is 10.7 Å². The number of benzene rings is 1. The van der Waals surface area contributed by atoms with Gasteiger partial charge in [-0.3, -0.25) is 4.57 Å². The van der Waals surface area contributed by atoms with Gasteiger partial charge in [-0.05, 0) is 55.1 Å². The summed E-state index contributed by atoms with van der Waals surface area (Å²) >= 11 is 3.28. The van der Waals surface area contributed by atoms with Crippen LogP contribution in [0.2, 0.25) is 0 Å². The van der Waals surface area contributed by atoms with Crippen LogP contribution in [-0.2, 0) is 0 Å². The van der Waals surface area contributed by atoms with Crippen LogP contribution in [0.25, 0.3) is 21.6 Å². The molecule has 1 saturated carbocycles. The Bertz CT molecular complexity index is 1050.